The third kappa shape index (κ3) is 3.89. The van der Waals surface area contributed by atoms with E-state index in [1.54, 1.807) is 20.2 Å². The third-order valence-electron chi connectivity index (χ3n) is 3.89. The van der Waals surface area contributed by atoms with Crippen LogP contribution in [0.1, 0.15) is 24.0 Å². The second-order valence-corrected chi connectivity index (χ2v) is 5.29. The van der Waals surface area contributed by atoms with E-state index >= 15 is 0 Å². The highest BCUT2D eigenvalue weighted by Crippen LogP contribution is 2.33. The minimum atomic E-state index is -4.30. The number of piperidine rings is 1. The standard InChI is InChI=1S/C15H21F3N2O/c1-19-10-11-9-12(15(16,17)18)3-4-14(11)20-7-5-13(21-2)6-8-20/h3-4,9,13,19H,5-8,10H2,1-2H3. The van der Waals surface area contributed by atoms with Crippen molar-refractivity contribution >= 4 is 5.69 Å². The molecule has 0 aromatic heterocycles. The van der Waals surface area contributed by atoms with Gasteiger partial charge in [0.1, 0.15) is 0 Å². The van der Waals surface area contributed by atoms with Crippen LogP contribution in [0.4, 0.5) is 18.9 Å². The number of nitrogens with zero attached hydrogens (tertiary/aromatic N) is 1. The number of benzene rings is 1. The number of ether oxygens (including phenoxy) is 1. The minimum Gasteiger partial charge on any atom is -0.381 e. The maximum absolute atomic E-state index is 12.8. The van der Waals surface area contributed by atoms with Crippen LogP contribution in [-0.2, 0) is 17.5 Å². The molecule has 1 N–H and O–H groups in total. The number of rotatable bonds is 4. The van der Waals surface area contributed by atoms with Crippen molar-refractivity contribution in [3.05, 3.63) is 29.3 Å². The lowest BCUT2D eigenvalue weighted by Crippen LogP contribution is -2.37. The monoisotopic (exact) mass is 302 g/mol. The van der Waals surface area contributed by atoms with Gasteiger partial charge >= 0.3 is 6.18 Å². The molecule has 0 atom stereocenters. The van der Waals surface area contributed by atoms with E-state index < -0.39 is 11.7 Å². The number of hydrogen-bond acceptors (Lipinski definition) is 3. The molecule has 1 aromatic rings. The van der Waals surface area contributed by atoms with Crippen molar-refractivity contribution in [2.75, 3.05) is 32.1 Å². The summed E-state index contributed by atoms with van der Waals surface area (Å²) < 4.78 is 43.8. The van der Waals surface area contributed by atoms with Crippen molar-refractivity contribution in [3.8, 4) is 0 Å². The lowest BCUT2D eigenvalue weighted by molar-refractivity contribution is -0.137. The molecule has 0 spiro atoms. The van der Waals surface area contributed by atoms with Crippen LogP contribution >= 0.6 is 0 Å². The SMILES string of the molecule is CNCc1cc(C(F)(F)F)ccc1N1CCC(OC)CC1. The van der Waals surface area contributed by atoms with Gasteiger partial charge in [-0.15, -0.1) is 0 Å². The average Bonchev–Trinajstić information content (AvgIpc) is 2.47. The summed E-state index contributed by atoms with van der Waals surface area (Å²) >= 11 is 0. The number of anilines is 1. The quantitative estimate of drug-likeness (QED) is 0.925. The Kier molecular flexibility index (Phi) is 5.11. The molecule has 1 aliphatic heterocycles. The highest BCUT2D eigenvalue weighted by Gasteiger charge is 2.31. The van der Waals surface area contributed by atoms with Crippen LogP contribution in [0, 0.1) is 0 Å². The number of hydrogen-bond donors (Lipinski definition) is 1. The van der Waals surface area contributed by atoms with Crippen molar-refractivity contribution in [1.29, 1.82) is 0 Å². The maximum atomic E-state index is 12.8. The van der Waals surface area contributed by atoms with Crippen molar-refractivity contribution in [1.82, 2.24) is 5.32 Å². The van der Waals surface area contributed by atoms with Crippen LogP contribution in [0.5, 0.6) is 0 Å². The first-order valence-electron chi connectivity index (χ1n) is 7.08. The molecule has 0 saturated carbocycles. The van der Waals surface area contributed by atoms with Crippen LogP contribution in [0.2, 0.25) is 0 Å². The van der Waals surface area contributed by atoms with Crippen LogP contribution in [0.25, 0.3) is 0 Å². The molecular formula is C15H21F3N2O. The van der Waals surface area contributed by atoms with Crippen LogP contribution in [-0.4, -0.2) is 33.4 Å². The van der Waals surface area contributed by atoms with Crippen molar-refractivity contribution in [2.24, 2.45) is 0 Å². The summed E-state index contributed by atoms with van der Waals surface area (Å²) in [5.74, 6) is 0. The largest absolute Gasteiger partial charge is 0.416 e. The molecule has 1 fully saturated rings. The molecule has 1 heterocycles. The predicted octanol–water partition coefficient (Wildman–Crippen LogP) is 3.04. The molecule has 0 unspecified atom stereocenters. The van der Waals surface area contributed by atoms with E-state index in [9.17, 15) is 13.2 Å². The molecule has 3 nitrogen and oxygen atoms in total. The van der Waals surface area contributed by atoms with Crippen LogP contribution in [0.3, 0.4) is 0 Å². The normalized spacial score (nSPS) is 17.3. The van der Waals surface area contributed by atoms with E-state index in [-0.39, 0.29) is 6.10 Å². The maximum Gasteiger partial charge on any atom is 0.416 e. The van der Waals surface area contributed by atoms with E-state index in [0.717, 1.165) is 37.7 Å². The Morgan fingerprint density at radius 2 is 1.95 bits per heavy atom. The Hall–Kier alpha value is -1.27. The Labute approximate surface area is 123 Å². The Bertz CT molecular complexity index is 468. The van der Waals surface area contributed by atoms with Gasteiger partial charge < -0.3 is 15.0 Å². The highest BCUT2D eigenvalue weighted by atomic mass is 19.4. The van der Waals surface area contributed by atoms with Crippen LogP contribution < -0.4 is 10.2 Å². The fourth-order valence-electron chi connectivity index (χ4n) is 2.73. The zero-order chi connectivity index (χ0) is 15.5. The van der Waals surface area contributed by atoms with Gasteiger partial charge in [-0.2, -0.15) is 13.2 Å². The second-order valence-electron chi connectivity index (χ2n) is 5.29. The van der Waals surface area contributed by atoms with E-state index in [0.29, 0.717) is 12.1 Å². The summed E-state index contributed by atoms with van der Waals surface area (Å²) in [5, 5.41) is 2.94. The smallest absolute Gasteiger partial charge is 0.381 e. The zero-order valence-corrected chi connectivity index (χ0v) is 12.3. The molecule has 118 valence electrons. The zero-order valence-electron chi connectivity index (χ0n) is 12.3. The Morgan fingerprint density at radius 3 is 2.48 bits per heavy atom. The molecule has 0 aliphatic carbocycles. The lowest BCUT2D eigenvalue weighted by Gasteiger charge is -2.34. The summed E-state index contributed by atoms with van der Waals surface area (Å²) in [6.45, 7) is 2.03. The van der Waals surface area contributed by atoms with E-state index in [1.807, 2.05) is 0 Å². The molecule has 6 heteroatoms. The topological polar surface area (TPSA) is 24.5 Å². The molecule has 0 amide bonds. The van der Waals surface area contributed by atoms with Gasteiger partial charge in [0.15, 0.2) is 0 Å². The Balaban J connectivity index is 2.22. The average molecular weight is 302 g/mol. The van der Waals surface area contributed by atoms with Crippen molar-refractivity contribution < 1.29 is 17.9 Å². The van der Waals surface area contributed by atoms with E-state index in [4.69, 9.17) is 4.74 Å². The molecule has 1 saturated heterocycles. The summed E-state index contributed by atoms with van der Waals surface area (Å²) in [6.07, 6.45) is -2.25. The fourth-order valence-corrected chi connectivity index (χ4v) is 2.73. The highest BCUT2D eigenvalue weighted by molar-refractivity contribution is 5.55. The van der Waals surface area contributed by atoms with E-state index in [2.05, 4.69) is 10.2 Å². The fraction of sp³-hybridized carbons (Fsp3) is 0.600. The predicted molar refractivity (Wildman–Crippen MR) is 76.5 cm³/mol. The second kappa shape index (κ2) is 6.66. The first-order valence-corrected chi connectivity index (χ1v) is 7.08. The molecule has 0 bridgehead atoms. The molecule has 21 heavy (non-hydrogen) atoms. The molecular weight excluding hydrogens is 281 g/mol. The van der Waals surface area contributed by atoms with Crippen molar-refractivity contribution in [3.63, 3.8) is 0 Å². The van der Waals surface area contributed by atoms with Gasteiger partial charge in [0.2, 0.25) is 0 Å². The third-order valence-corrected chi connectivity index (χ3v) is 3.89. The lowest BCUT2D eigenvalue weighted by atomic mass is 10.0. The molecule has 2 rings (SSSR count). The van der Waals surface area contributed by atoms with Gasteiger partial charge in [-0.05, 0) is 43.7 Å². The molecule has 1 aliphatic rings. The van der Waals surface area contributed by atoms with Crippen molar-refractivity contribution in [2.45, 2.75) is 31.7 Å². The van der Waals surface area contributed by atoms with Gasteiger partial charge in [0.05, 0.1) is 11.7 Å². The van der Waals surface area contributed by atoms with Crippen LogP contribution in [0.15, 0.2) is 18.2 Å². The van der Waals surface area contributed by atoms with Gasteiger partial charge in [-0.1, -0.05) is 0 Å². The number of methoxy groups -OCH3 is 1. The first-order chi connectivity index (χ1) is 9.95. The number of halogens is 3. The summed E-state index contributed by atoms with van der Waals surface area (Å²) in [4.78, 5) is 2.14. The molecule has 1 aromatic carbocycles. The minimum absolute atomic E-state index is 0.253. The summed E-state index contributed by atoms with van der Waals surface area (Å²) in [7, 11) is 3.44. The van der Waals surface area contributed by atoms with Gasteiger partial charge in [0, 0.05) is 32.4 Å². The summed E-state index contributed by atoms with van der Waals surface area (Å²) in [6, 6.07) is 3.99. The Morgan fingerprint density at radius 1 is 1.29 bits per heavy atom. The van der Waals surface area contributed by atoms with Gasteiger partial charge in [-0.25, -0.2) is 0 Å². The summed E-state index contributed by atoms with van der Waals surface area (Å²) in [5.41, 5.74) is 0.971. The van der Waals surface area contributed by atoms with Gasteiger partial charge in [0.25, 0.3) is 0 Å². The number of nitrogens with one attached hydrogen (secondary N) is 1. The number of alkyl halides is 3. The molecule has 0 radical (unpaired) electrons. The van der Waals surface area contributed by atoms with Gasteiger partial charge in [-0.3, -0.25) is 0 Å². The van der Waals surface area contributed by atoms with E-state index in [1.165, 1.54) is 6.07 Å². The first kappa shape index (κ1) is 16.1.